The molecule has 3 N–H and O–H groups in total. The van der Waals surface area contributed by atoms with Crippen LogP contribution in [0.25, 0.3) is 0 Å². The molecule has 3 saturated carbocycles. The Labute approximate surface area is 151 Å². The summed E-state index contributed by atoms with van der Waals surface area (Å²) in [7, 11) is 2.07. The van der Waals surface area contributed by atoms with E-state index in [0.717, 1.165) is 17.7 Å². The molecule has 0 radical (unpaired) electrons. The molecule has 4 aliphatic carbocycles. The third-order valence-corrected chi connectivity index (χ3v) is 7.81. The van der Waals surface area contributed by atoms with Gasteiger partial charge in [0.2, 0.25) is 0 Å². The Hall–Kier alpha value is -1.92. The maximum absolute atomic E-state index is 12.8. The topological polar surface area (TPSA) is 92.9 Å². The molecule has 6 rings (SSSR count). The van der Waals surface area contributed by atoms with Gasteiger partial charge < -0.3 is 15.6 Å². The van der Waals surface area contributed by atoms with Gasteiger partial charge in [0.15, 0.2) is 11.9 Å². The highest BCUT2D eigenvalue weighted by Gasteiger charge is 2.97. The van der Waals surface area contributed by atoms with Crippen molar-refractivity contribution in [3.63, 3.8) is 0 Å². The highest BCUT2D eigenvalue weighted by molar-refractivity contribution is 6.00. The zero-order valence-corrected chi connectivity index (χ0v) is 14.7. The number of fused-ring (bicyclic) bond motifs is 1. The molecular formula is C20H22N2O4. The van der Waals surface area contributed by atoms with Gasteiger partial charge in [0.05, 0.1) is 16.5 Å². The van der Waals surface area contributed by atoms with Gasteiger partial charge in [0, 0.05) is 18.5 Å². The summed E-state index contributed by atoms with van der Waals surface area (Å²) in [6.07, 6.45) is 3.22. The van der Waals surface area contributed by atoms with Crippen LogP contribution in [-0.2, 0) is 16.6 Å². The zero-order valence-electron chi connectivity index (χ0n) is 14.7. The van der Waals surface area contributed by atoms with E-state index in [1.165, 1.54) is 12.8 Å². The fourth-order valence-corrected chi connectivity index (χ4v) is 6.70. The lowest BCUT2D eigenvalue weighted by molar-refractivity contribution is -0.131. The lowest BCUT2D eigenvalue weighted by Crippen LogP contribution is -2.46. The van der Waals surface area contributed by atoms with E-state index < -0.39 is 28.6 Å². The highest BCUT2D eigenvalue weighted by atomic mass is 16.5. The molecule has 6 heteroatoms. The number of carbonyl (C=O) groups is 2. The smallest absolute Gasteiger partial charge is 0.252 e. The second kappa shape index (κ2) is 4.15. The van der Waals surface area contributed by atoms with Gasteiger partial charge in [-0.05, 0) is 50.3 Å². The first-order valence-corrected chi connectivity index (χ1v) is 9.47. The van der Waals surface area contributed by atoms with E-state index in [2.05, 4.69) is 11.9 Å². The van der Waals surface area contributed by atoms with Gasteiger partial charge in [-0.25, -0.2) is 0 Å². The van der Waals surface area contributed by atoms with Gasteiger partial charge in [-0.15, -0.1) is 0 Å². The second-order valence-electron chi connectivity index (χ2n) is 8.83. The molecule has 1 aromatic carbocycles. The van der Waals surface area contributed by atoms with Crippen LogP contribution in [0.4, 0.5) is 0 Å². The summed E-state index contributed by atoms with van der Waals surface area (Å²) in [4.78, 5) is 27.0. The standard InChI is InChI=1S/C20H22N2O4/c1-22(9-10-2-3-10)18-8-11-4-5-12(17(21)24)15-14(11)20(18)16(26-15)13(23)6-7-19(18,20)25/h4-5,10,16,25H,2-3,6-9H2,1H3,(H2,21,24)/t16?,18-,19+,20?/m0/s1. The summed E-state index contributed by atoms with van der Waals surface area (Å²) in [6, 6.07) is 3.63. The molecule has 0 aromatic heterocycles. The number of nitrogens with zero attached hydrogens (tertiary/aromatic N) is 1. The minimum atomic E-state index is -0.975. The Morgan fingerprint density at radius 3 is 2.88 bits per heavy atom. The molecule has 136 valence electrons. The Morgan fingerprint density at radius 1 is 1.42 bits per heavy atom. The maximum atomic E-state index is 12.8. The molecule has 3 fully saturated rings. The highest BCUT2D eigenvalue weighted by Crippen LogP contribution is 2.82. The van der Waals surface area contributed by atoms with Crippen molar-refractivity contribution in [2.24, 2.45) is 11.7 Å². The average Bonchev–Trinajstić information content (AvgIpc) is 3.38. The van der Waals surface area contributed by atoms with Gasteiger partial charge >= 0.3 is 0 Å². The van der Waals surface area contributed by atoms with E-state index in [1.807, 2.05) is 6.07 Å². The van der Waals surface area contributed by atoms with Gasteiger partial charge in [-0.3, -0.25) is 14.5 Å². The number of ketones is 1. The minimum absolute atomic E-state index is 0.0239. The van der Waals surface area contributed by atoms with E-state index in [1.54, 1.807) is 6.07 Å². The third-order valence-electron chi connectivity index (χ3n) is 7.81. The molecular weight excluding hydrogens is 332 g/mol. The quantitative estimate of drug-likeness (QED) is 0.823. The molecule has 1 aliphatic heterocycles. The van der Waals surface area contributed by atoms with Crippen molar-refractivity contribution in [1.29, 1.82) is 0 Å². The summed E-state index contributed by atoms with van der Waals surface area (Å²) >= 11 is 0. The number of aliphatic hydroxyl groups is 1. The molecule has 1 spiro atoms. The van der Waals surface area contributed by atoms with Crippen LogP contribution in [0, 0.1) is 5.92 Å². The van der Waals surface area contributed by atoms with Crippen LogP contribution in [0.15, 0.2) is 12.1 Å². The van der Waals surface area contributed by atoms with Gasteiger partial charge in [0.1, 0.15) is 11.4 Å². The number of likely N-dealkylation sites (N-methyl/N-ethyl adjacent to an activating group) is 1. The number of nitrogens with two attached hydrogens (primary N) is 1. The fraction of sp³-hybridized carbons (Fsp3) is 0.600. The molecule has 0 bridgehead atoms. The lowest BCUT2D eigenvalue weighted by atomic mass is 9.78. The summed E-state index contributed by atoms with van der Waals surface area (Å²) < 4.78 is 6.10. The van der Waals surface area contributed by atoms with E-state index >= 15 is 0 Å². The fourth-order valence-electron chi connectivity index (χ4n) is 6.70. The third kappa shape index (κ3) is 1.26. The number of hydrogen-bond acceptors (Lipinski definition) is 5. The van der Waals surface area contributed by atoms with Gasteiger partial charge in [0.25, 0.3) is 5.91 Å². The van der Waals surface area contributed by atoms with E-state index in [0.29, 0.717) is 36.5 Å². The molecule has 6 nitrogen and oxygen atoms in total. The summed E-state index contributed by atoms with van der Waals surface area (Å²) in [5, 5.41) is 11.8. The maximum Gasteiger partial charge on any atom is 0.252 e. The predicted molar refractivity (Wildman–Crippen MR) is 92.0 cm³/mol. The molecule has 4 atom stereocenters. The number of amides is 1. The van der Waals surface area contributed by atoms with Crippen LogP contribution in [0.5, 0.6) is 5.75 Å². The SMILES string of the molecule is CN(CC1CC1)[C@]12Cc3ccc(C(N)=O)c4c3C13C(O4)C(=O)CC[C@]32O. The molecule has 5 aliphatic rings. The number of hydrogen-bond donors (Lipinski definition) is 2. The number of carbonyl (C=O) groups excluding carboxylic acids is 2. The van der Waals surface area contributed by atoms with Crippen LogP contribution in [0.2, 0.25) is 0 Å². The van der Waals surface area contributed by atoms with E-state index in [9.17, 15) is 14.7 Å². The minimum Gasteiger partial charge on any atom is -0.480 e. The number of benzene rings is 1. The summed E-state index contributed by atoms with van der Waals surface area (Å²) in [5.41, 5.74) is 5.59. The molecule has 1 aromatic rings. The first-order chi connectivity index (χ1) is 12.4. The second-order valence-corrected chi connectivity index (χ2v) is 8.83. The Balaban J connectivity index is 1.60. The Bertz CT molecular complexity index is 909. The first kappa shape index (κ1) is 15.2. The van der Waals surface area contributed by atoms with Crippen molar-refractivity contribution in [2.45, 2.75) is 54.8 Å². The molecule has 1 amide bonds. The van der Waals surface area contributed by atoms with Gasteiger partial charge in [-0.2, -0.15) is 0 Å². The predicted octanol–water partition coefficient (Wildman–Crippen LogP) is 0.529. The van der Waals surface area contributed by atoms with Crippen LogP contribution in [0.1, 0.15) is 47.2 Å². The summed E-state index contributed by atoms with van der Waals surface area (Å²) in [5.74, 6) is 0.583. The van der Waals surface area contributed by atoms with Crippen molar-refractivity contribution in [3.8, 4) is 5.75 Å². The van der Waals surface area contributed by atoms with Crippen molar-refractivity contribution in [2.75, 3.05) is 13.6 Å². The van der Waals surface area contributed by atoms with Crippen molar-refractivity contribution >= 4 is 11.7 Å². The monoisotopic (exact) mass is 354 g/mol. The van der Waals surface area contributed by atoms with Gasteiger partial charge in [-0.1, -0.05) is 6.07 Å². The van der Waals surface area contributed by atoms with Crippen LogP contribution >= 0.6 is 0 Å². The Kier molecular flexibility index (Phi) is 2.42. The van der Waals surface area contributed by atoms with Crippen molar-refractivity contribution in [3.05, 3.63) is 28.8 Å². The molecule has 0 saturated heterocycles. The molecule has 1 heterocycles. The van der Waals surface area contributed by atoms with E-state index in [4.69, 9.17) is 10.5 Å². The van der Waals surface area contributed by atoms with Crippen LogP contribution in [0.3, 0.4) is 0 Å². The van der Waals surface area contributed by atoms with Crippen molar-refractivity contribution < 1.29 is 19.4 Å². The first-order valence-electron chi connectivity index (χ1n) is 9.47. The van der Waals surface area contributed by atoms with E-state index in [-0.39, 0.29) is 5.78 Å². The number of rotatable bonds is 4. The molecule has 2 unspecified atom stereocenters. The lowest BCUT2D eigenvalue weighted by Gasteiger charge is -2.31. The number of ether oxygens (including phenoxy) is 1. The summed E-state index contributed by atoms with van der Waals surface area (Å²) in [6.45, 7) is 0.928. The zero-order chi connectivity index (χ0) is 18.1. The van der Waals surface area contributed by atoms with Crippen LogP contribution in [-0.4, -0.2) is 52.5 Å². The molecule has 26 heavy (non-hydrogen) atoms. The normalized spacial score (nSPS) is 41.0. The average molecular weight is 354 g/mol. The number of Topliss-reactive ketones (excluding diaryl/α,β-unsaturated/α-hetero) is 1. The Morgan fingerprint density at radius 2 is 2.19 bits per heavy atom. The number of primary amides is 1. The largest absolute Gasteiger partial charge is 0.480 e. The van der Waals surface area contributed by atoms with Crippen LogP contribution < -0.4 is 10.5 Å². The van der Waals surface area contributed by atoms with Crippen molar-refractivity contribution in [1.82, 2.24) is 4.90 Å².